The number of amides is 1. The highest BCUT2D eigenvalue weighted by molar-refractivity contribution is 8.14. The molecule has 34 heavy (non-hydrogen) atoms. The number of thioether (sulfide) groups is 1. The van der Waals surface area contributed by atoms with Crippen LogP contribution in [0.2, 0.25) is 5.02 Å². The number of aliphatic imine (C=N–C) groups is 1. The van der Waals surface area contributed by atoms with E-state index in [-0.39, 0.29) is 17.4 Å². The van der Waals surface area contributed by atoms with Crippen molar-refractivity contribution in [1.29, 1.82) is 0 Å². The molecule has 0 atom stereocenters. The molecular weight excluding hydrogens is 464 g/mol. The summed E-state index contributed by atoms with van der Waals surface area (Å²) in [6.45, 7) is 6.29. The second-order valence-corrected chi connectivity index (χ2v) is 9.82. The van der Waals surface area contributed by atoms with Gasteiger partial charge in [-0.15, -0.1) is 0 Å². The van der Waals surface area contributed by atoms with E-state index >= 15 is 0 Å². The van der Waals surface area contributed by atoms with E-state index in [0.29, 0.717) is 27.4 Å². The minimum absolute atomic E-state index is 0.0534. The Morgan fingerprint density at radius 2 is 1.65 bits per heavy atom. The Morgan fingerprint density at radius 1 is 1.00 bits per heavy atom. The van der Waals surface area contributed by atoms with Gasteiger partial charge in [0, 0.05) is 10.6 Å². The van der Waals surface area contributed by atoms with E-state index in [1.165, 1.54) is 17.3 Å². The number of benzene rings is 3. The van der Waals surface area contributed by atoms with Crippen LogP contribution in [0.25, 0.3) is 6.08 Å². The van der Waals surface area contributed by atoms with E-state index in [2.05, 4.69) is 31.0 Å². The molecule has 3 aromatic rings. The minimum atomic E-state index is -0.210. The van der Waals surface area contributed by atoms with E-state index in [1.54, 1.807) is 35.2 Å². The van der Waals surface area contributed by atoms with Crippen LogP contribution in [0.1, 0.15) is 46.8 Å². The molecule has 0 saturated heterocycles. The van der Waals surface area contributed by atoms with Gasteiger partial charge in [-0.25, -0.2) is 4.99 Å². The molecule has 0 bridgehead atoms. The minimum Gasteiger partial charge on any atom is -0.293 e. The second kappa shape index (κ2) is 10.4. The molecule has 0 radical (unpaired) electrons. The Balaban J connectivity index is 1.61. The number of carbonyl (C=O) groups excluding carboxylic acids is 2. The first kappa shape index (κ1) is 24.0. The molecule has 0 aliphatic carbocycles. The van der Waals surface area contributed by atoms with Crippen molar-refractivity contribution >= 4 is 52.0 Å². The Bertz CT molecular complexity index is 1260. The maximum atomic E-state index is 13.4. The fourth-order valence-electron chi connectivity index (χ4n) is 3.50. The summed E-state index contributed by atoms with van der Waals surface area (Å²) in [6, 6.07) is 22.6. The van der Waals surface area contributed by atoms with Gasteiger partial charge in [-0.1, -0.05) is 79.2 Å². The first-order valence-corrected chi connectivity index (χ1v) is 12.4. The van der Waals surface area contributed by atoms with Crippen molar-refractivity contribution in [2.75, 3.05) is 10.7 Å². The molecule has 0 fully saturated rings. The fraction of sp³-hybridized carbons (Fsp3) is 0.179. The summed E-state index contributed by atoms with van der Waals surface area (Å²) in [5, 5.41) is 1.07. The highest BCUT2D eigenvalue weighted by Gasteiger charge is 2.32. The van der Waals surface area contributed by atoms with Crippen molar-refractivity contribution in [2.45, 2.75) is 26.7 Å². The summed E-state index contributed by atoms with van der Waals surface area (Å²) in [7, 11) is 0. The molecule has 1 amide bonds. The van der Waals surface area contributed by atoms with Gasteiger partial charge in [0.1, 0.15) is 5.70 Å². The maximum Gasteiger partial charge on any atom is 0.283 e. The number of halogens is 1. The Kier molecular flexibility index (Phi) is 7.35. The largest absolute Gasteiger partial charge is 0.293 e. The summed E-state index contributed by atoms with van der Waals surface area (Å²) < 4.78 is 0. The van der Waals surface area contributed by atoms with Crippen molar-refractivity contribution in [3.63, 3.8) is 0 Å². The van der Waals surface area contributed by atoms with Crippen LogP contribution in [0.5, 0.6) is 0 Å². The normalized spacial score (nSPS) is 14.7. The highest BCUT2D eigenvalue weighted by Crippen LogP contribution is 2.30. The number of ketones is 1. The standard InChI is InChI=1S/C28H25ClN2O2S/c1-18(2)21-8-6-20(7-9-21)16-25-27(33)31(24-14-4-19(3)5-15-24)28(30-25)34-17-26(32)22-10-12-23(29)13-11-22/h4-16,18H,17H2,1-3H3. The Labute approximate surface area is 209 Å². The summed E-state index contributed by atoms with van der Waals surface area (Å²) in [4.78, 5) is 32.3. The van der Waals surface area contributed by atoms with Crippen LogP contribution in [0.15, 0.2) is 83.5 Å². The van der Waals surface area contributed by atoms with Crippen molar-refractivity contribution in [3.8, 4) is 0 Å². The smallest absolute Gasteiger partial charge is 0.283 e. The zero-order valence-corrected chi connectivity index (χ0v) is 20.9. The predicted octanol–water partition coefficient (Wildman–Crippen LogP) is 7.13. The molecule has 0 aromatic heterocycles. The average Bonchev–Trinajstić information content (AvgIpc) is 3.13. The van der Waals surface area contributed by atoms with Crippen molar-refractivity contribution in [3.05, 3.63) is 106 Å². The van der Waals surface area contributed by atoms with E-state index in [1.807, 2.05) is 43.3 Å². The zero-order valence-electron chi connectivity index (χ0n) is 19.3. The molecule has 1 aliphatic rings. The molecule has 0 spiro atoms. The molecule has 1 heterocycles. The zero-order chi connectivity index (χ0) is 24.2. The van der Waals surface area contributed by atoms with E-state index in [0.717, 1.165) is 16.8 Å². The van der Waals surface area contributed by atoms with Crippen LogP contribution in [0, 0.1) is 6.92 Å². The lowest BCUT2D eigenvalue weighted by Gasteiger charge is -2.18. The number of rotatable bonds is 6. The molecule has 6 heteroatoms. The first-order chi connectivity index (χ1) is 16.3. The Hall–Kier alpha value is -3.15. The van der Waals surface area contributed by atoms with Crippen molar-refractivity contribution in [1.82, 2.24) is 0 Å². The second-order valence-electron chi connectivity index (χ2n) is 8.44. The summed E-state index contributed by atoms with van der Waals surface area (Å²) >= 11 is 7.19. The van der Waals surface area contributed by atoms with Crippen LogP contribution >= 0.6 is 23.4 Å². The number of aryl methyl sites for hydroxylation is 1. The summed E-state index contributed by atoms with van der Waals surface area (Å²) in [5.41, 5.74) is 4.88. The predicted molar refractivity (Wildman–Crippen MR) is 143 cm³/mol. The van der Waals surface area contributed by atoms with Gasteiger partial charge in [0.05, 0.1) is 11.4 Å². The number of hydrogen-bond donors (Lipinski definition) is 0. The van der Waals surface area contributed by atoms with Gasteiger partial charge in [-0.3, -0.25) is 14.5 Å². The topological polar surface area (TPSA) is 49.7 Å². The van der Waals surface area contributed by atoms with E-state index in [9.17, 15) is 9.59 Å². The molecule has 3 aromatic carbocycles. The number of Topliss-reactive ketones (excluding diaryl/α,β-unsaturated/α-hetero) is 1. The fourth-order valence-corrected chi connectivity index (χ4v) is 4.53. The first-order valence-electron chi connectivity index (χ1n) is 11.0. The van der Waals surface area contributed by atoms with Gasteiger partial charge in [-0.05, 0) is 66.4 Å². The maximum absolute atomic E-state index is 13.4. The number of carbonyl (C=O) groups is 2. The van der Waals surface area contributed by atoms with Crippen LogP contribution in [-0.2, 0) is 4.79 Å². The summed E-state index contributed by atoms with van der Waals surface area (Å²) in [5.74, 6) is 0.332. The quantitative estimate of drug-likeness (QED) is 0.274. The van der Waals surface area contributed by atoms with Gasteiger partial charge in [0.15, 0.2) is 11.0 Å². The lowest BCUT2D eigenvalue weighted by molar-refractivity contribution is -0.113. The molecule has 172 valence electrons. The number of nitrogens with zero attached hydrogens (tertiary/aromatic N) is 2. The van der Waals surface area contributed by atoms with Crippen molar-refractivity contribution in [2.24, 2.45) is 4.99 Å². The molecule has 4 rings (SSSR count). The van der Waals surface area contributed by atoms with Gasteiger partial charge < -0.3 is 0 Å². The third-order valence-electron chi connectivity index (χ3n) is 5.53. The number of hydrogen-bond acceptors (Lipinski definition) is 4. The molecule has 0 saturated carbocycles. The summed E-state index contributed by atoms with van der Waals surface area (Å²) in [6.07, 6.45) is 1.79. The Morgan fingerprint density at radius 3 is 2.26 bits per heavy atom. The number of anilines is 1. The van der Waals surface area contributed by atoms with E-state index in [4.69, 9.17) is 11.6 Å². The molecule has 4 nitrogen and oxygen atoms in total. The number of amidine groups is 1. The van der Waals surface area contributed by atoms with Crippen LogP contribution in [0.3, 0.4) is 0 Å². The third kappa shape index (κ3) is 5.49. The van der Waals surface area contributed by atoms with Crippen LogP contribution < -0.4 is 4.90 Å². The van der Waals surface area contributed by atoms with Gasteiger partial charge in [-0.2, -0.15) is 0 Å². The van der Waals surface area contributed by atoms with Crippen molar-refractivity contribution < 1.29 is 9.59 Å². The average molecular weight is 489 g/mol. The van der Waals surface area contributed by atoms with Gasteiger partial charge in [0.2, 0.25) is 0 Å². The van der Waals surface area contributed by atoms with Gasteiger partial charge in [0.25, 0.3) is 5.91 Å². The molecule has 1 aliphatic heterocycles. The van der Waals surface area contributed by atoms with Crippen LogP contribution in [-0.4, -0.2) is 22.6 Å². The van der Waals surface area contributed by atoms with E-state index < -0.39 is 0 Å². The van der Waals surface area contributed by atoms with Crippen LogP contribution in [0.4, 0.5) is 5.69 Å². The lowest BCUT2D eigenvalue weighted by Crippen LogP contribution is -2.30. The van der Waals surface area contributed by atoms with Gasteiger partial charge >= 0.3 is 0 Å². The highest BCUT2D eigenvalue weighted by atomic mass is 35.5. The lowest BCUT2D eigenvalue weighted by atomic mass is 10.0. The monoisotopic (exact) mass is 488 g/mol. The molecular formula is C28H25ClN2O2S. The molecule has 0 unspecified atom stereocenters. The third-order valence-corrected chi connectivity index (χ3v) is 6.72. The SMILES string of the molecule is Cc1ccc(N2C(=O)C(=Cc3ccc(C(C)C)cc3)N=C2SCC(=O)c2ccc(Cl)cc2)cc1. The molecule has 0 N–H and O–H groups in total.